The Morgan fingerprint density at radius 2 is 1.16 bits per heavy atom. The number of hydrogen-bond acceptors (Lipinski definition) is 4. The number of nitrogens with zero attached hydrogens (tertiary/aromatic N) is 2. The van der Waals surface area contributed by atoms with E-state index in [0.29, 0.717) is 10.2 Å². The molecule has 9 heteroatoms. The van der Waals surface area contributed by atoms with Crippen molar-refractivity contribution in [3.63, 3.8) is 0 Å². The molecule has 0 unspecified atom stereocenters. The number of rotatable bonds is 5. The predicted octanol–water partition coefficient (Wildman–Crippen LogP) is 0.704. The largest absolute Gasteiger partial charge is 0.362 e. The molecular weight excluding hydrogens is 332 g/mol. The summed E-state index contributed by atoms with van der Waals surface area (Å²) in [5.74, 6) is 0. The van der Waals surface area contributed by atoms with Gasteiger partial charge in [0, 0.05) is 30.2 Å². The number of hydrogen-bond donors (Lipinski definition) is 4. The number of thiocarbonyl (C=S) groups is 2. The average molecular weight is 352 g/mol. The molecule has 0 aromatic heterocycles. The fourth-order valence-electron chi connectivity index (χ4n) is 0.831. The Kier molecular flexibility index (Phi) is 13.3. The molecule has 0 amide bonds. The van der Waals surface area contributed by atoms with E-state index < -0.39 is 0 Å². The molecular formula is C10H20CuN6S2. The smallest absolute Gasteiger partial charge is 0.186 e. The molecule has 19 heavy (non-hydrogen) atoms. The van der Waals surface area contributed by atoms with Crippen LogP contribution in [0.5, 0.6) is 0 Å². The third-order valence-electron chi connectivity index (χ3n) is 1.85. The van der Waals surface area contributed by atoms with Gasteiger partial charge in [-0.1, -0.05) is 0 Å². The van der Waals surface area contributed by atoms with Crippen LogP contribution in [0.4, 0.5) is 0 Å². The molecule has 113 valence electrons. The van der Waals surface area contributed by atoms with Crippen LogP contribution in [0.3, 0.4) is 0 Å². The van der Waals surface area contributed by atoms with Crippen molar-refractivity contribution in [2.24, 2.45) is 10.2 Å². The van der Waals surface area contributed by atoms with E-state index in [9.17, 15) is 0 Å². The summed E-state index contributed by atoms with van der Waals surface area (Å²) in [6.07, 6.45) is 0. The normalized spacial score (nSPS) is 11.2. The van der Waals surface area contributed by atoms with Crippen LogP contribution in [0.25, 0.3) is 0 Å². The molecule has 0 aromatic carbocycles. The van der Waals surface area contributed by atoms with Gasteiger partial charge in [0.1, 0.15) is 0 Å². The summed E-state index contributed by atoms with van der Waals surface area (Å²) in [4.78, 5) is 0. The fourth-order valence-corrected chi connectivity index (χ4v) is 1.21. The Hall–Kier alpha value is -0.761. The molecule has 0 aliphatic carbocycles. The second-order valence-corrected chi connectivity index (χ2v) is 4.15. The van der Waals surface area contributed by atoms with Gasteiger partial charge in [-0.25, -0.2) is 0 Å². The van der Waals surface area contributed by atoms with Crippen molar-refractivity contribution in [3.05, 3.63) is 0 Å². The minimum Gasteiger partial charge on any atom is -0.362 e. The third kappa shape index (κ3) is 10.8. The molecule has 0 fully saturated rings. The maximum Gasteiger partial charge on any atom is 0.186 e. The van der Waals surface area contributed by atoms with E-state index in [1.165, 1.54) is 0 Å². The van der Waals surface area contributed by atoms with Crippen molar-refractivity contribution in [3.8, 4) is 0 Å². The molecule has 0 atom stereocenters. The summed E-state index contributed by atoms with van der Waals surface area (Å²) in [7, 11) is 0. The third-order valence-corrected chi connectivity index (χ3v) is 2.32. The first-order chi connectivity index (χ1) is 8.51. The van der Waals surface area contributed by atoms with Crippen LogP contribution in [-0.2, 0) is 17.1 Å². The molecule has 0 aliphatic rings. The summed E-state index contributed by atoms with van der Waals surface area (Å²) in [5.41, 5.74) is 6.90. The van der Waals surface area contributed by atoms with Crippen LogP contribution in [0.1, 0.15) is 27.7 Å². The van der Waals surface area contributed by atoms with E-state index in [4.69, 9.17) is 24.4 Å². The Morgan fingerprint density at radius 3 is 1.42 bits per heavy atom. The summed E-state index contributed by atoms with van der Waals surface area (Å²) in [6.45, 7) is 9.10. The van der Waals surface area contributed by atoms with Crippen LogP contribution in [0, 0.1) is 0 Å². The van der Waals surface area contributed by atoms with Crippen LogP contribution in [0.2, 0.25) is 0 Å². The van der Waals surface area contributed by atoms with Gasteiger partial charge in [0.2, 0.25) is 0 Å². The van der Waals surface area contributed by atoms with Gasteiger partial charge >= 0.3 is 0 Å². The maximum absolute atomic E-state index is 4.98. The molecule has 1 radical (unpaired) electrons. The zero-order valence-electron chi connectivity index (χ0n) is 11.4. The average Bonchev–Trinajstić information content (AvgIpc) is 2.33. The Morgan fingerprint density at radius 1 is 0.842 bits per heavy atom. The second kappa shape index (κ2) is 12.3. The standard InChI is InChI=1S/C10H20N6S2.Cu/c1-5-11-9(17)15-13-7(3)8(4)14-16-10(18)12-6-2;/h5-6H2,1-4H3,(H2,11,15,17)(H2,12,16,18);/b13-7-,14-8+;/i;1+0. The van der Waals surface area contributed by atoms with Crippen molar-refractivity contribution in [2.45, 2.75) is 27.7 Å². The zero-order chi connectivity index (χ0) is 14.0. The van der Waals surface area contributed by atoms with Crippen molar-refractivity contribution < 1.29 is 17.1 Å². The Balaban J connectivity index is 0. The quantitative estimate of drug-likeness (QED) is 0.253. The summed E-state index contributed by atoms with van der Waals surface area (Å²) >= 11 is 9.97. The molecule has 0 aliphatic heterocycles. The van der Waals surface area contributed by atoms with E-state index in [2.05, 4.69) is 31.7 Å². The SMILES string of the molecule is CCNC(=S)N/N=C(C)\C(C)=N\NC(=S)NCC.[64Cu]. The topological polar surface area (TPSA) is 72.8 Å². The number of hydrazone groups is 2. The van der Waals surface area contributed by atoms with Gasteiger partial charge in [-0.15, -0.1) is 0 Å². The van der Waals surface area contributed by atoms with Crippen LogP contribution < -0.4 is 21.5 Å². The first kappa shape index (κ1) is 20.6. The van der Waals surface area contributed by atoms with Crippen LogP contribution in [0.15, 0.2) is 10.2 Å². The minimum atomic E-state index is 0. The zero-order valence-corrected chi connectivity index (χ0v) is 14.0. The second-order valence-electron chi connectivity index (χ2n) is 3.34. The molecule has 4 N–H and O–H groups in total. The van der Waals surface area contributed by atoms with E-state index in [1.807, 2.05) is 27.7 Å². The van der Waals surface area contributed by atoms with Crippen molar-refractivity contribution in [1.29, 1.82) is 0 Å². The van der Waals surface area contributed by atoms with E-state index in [1.54, 1.807) is 0 Å². The molecule has 0 aromatic rings. The van der Waals surface area contributed by atoms with E-state index in [-0.39, 0.29) is 17.1 Å². The van der Waals surface area contributed by atoms with Crippen molar-refractivity contribution in [2.75, 3.05) is 13.1 Å². The van der Waals surface area contributed by atoms with E-state index in [0.717, 1.165) is 24.5 Å². The van der Waals surface area contributed by atoms with Gasteiger partial charge in [-0.3, -0.25) is 10.9 Å². The minimum absolute atomic E-state index is 0. The summed E-state index contributed by atoms with van der Waals surface area (Å²) < 4.78 is 0. The molecule has 0 heterocycles. The molecule has 0 saturated carbocycles. The molecule has 6 nitrogen and oxygen atoms in total. The molecule has 0 bridgehead atoms. The van der Waals surface area contributed by atoms with Crippen LogP contribution in [-0.4, -0.2) is 34.7 Å². The van der Waals surface area contributed by atoms with E-state index >= 15 is 0 Å². The van der Waals surface area contributed by atoms with Gasteiger partial charge in [0.15, 0.2) is 10.2 Å². The first-order valence-electron chi connectivity index (χ1n) is 5.67. The maximum atomic E-state index is 4.98. The Bertz CT molecular complexity index is 322. The predicted molar refractivity (Wildman–Crippen MR) is 85.0 cm³/mol. The van der Waals surface area contributed by atoms with Gasteiger partial charge in [0.25, 0.3) is 0 Å². The van der Waals surface area contributed by atoms with Crippen molar-refractivity contribution in [1.82, 2.24) is 21.5 Å². The summed E-state index contributed by atoms with van der Waals surface area (Å²) in [6, 6.07) is 0. The molecule has 0 spiro atoms. The first-order valence-corrected chi connectivity index (χ1v) is 6.49. The van der Waals surface area contributed by atoms with Crippen LogP contribution >= 0.6 is 24.4 Å². The Labute approximate surface area is 135 Å². The molecule has 0 saturated heterocycles. The van der Waals surface area contributed by atoms with Gasteiger partial charge < -0.3 is 10.6 Å². The molecule has 0 rings (SSSR count). The fraction of sp³-hybridized carbons (Fsp3) is 0.600. The van der Waals surface area contributed by atoms with Crippen molar-refractivity contribution >= 4 is 46.1 Å². The van der Waals surface area contributed by atoms with Gasteiger partial charge in [-0.2, -0.15) is 10.2 Å². The monoisotopic (exact) mass is 352 g/mol. The van der Waals surface area contributed by atoms with Gasteiger partial charge in [-0.05, 0) is 52.1 Å². The number of nitrogens with one attached hydrogen (secondary N) is 4. The summed E-state index contributed by atoms with van der Waals surface area (Å²) in [5, 5.41) is 15.0. The van der Waals surface area contributed by atoms with Gasteiger partial charge in [0.05, 0.1) is 11.4 Å².